The van der Waals surface area contributed by atoms with E-state index in [-0.39, 0.29) is 0 Å². The van der Waals surface area contributed by atoms with Crippen LogP contribution in [0.25, 0.3) is 20.8 Å². The summed E-state index contributed by atoms with van der Waals surface area (Å²) in [4.78, 5) is 18.3. The Morgan fingerprint density at radius 3 is 2.56 bits per heavy atom. The van der Waals surface area contributed by atoms with Crippen LogP contribution in [0.5, 0.6) is 0 Å². The lowest BCUT2D eigenvalue weighted by atomic mass is 10.2. The molecule has 3 aromatic rings. The molecule has 0 unspecified atom stereocenters. The van der Waals surface area contributed by atoms with Crippen molar-refractivity contribution in [3.8, 4) is 10.6 Å². The largest absolute Gasteiger partial charge is 0.240 e. The third-order valence-corrected chi connectivity index (χ3v) is 3.67. The average molecular weight is 252 g/mol. The van der Waals surface area contributed by atoms with Gasteiger partial charge in [-0.3, -0.25) is 0 Å². The fourth-order valence-electron chi connectivity index (χ4n) is 1.73. The van der Waals surface area contributed by atoms with E-state index < -0.39 is 0 Å². The minimum absolute atomic E-state index is 0.606. The molecule has 0 radical (unpaired) electrons. The summed E-state index contributed by atoms with van der Waals surface area (Å²) in [7, 11) is 0. The summed E-state index contributed by atoms with van der Waals surface area (Å²) in [6.45, 7) is 0. The summed E-state index contributed by atoms with van der Waals surface area (Å²) in [5.41, 5.74) is 2.64. The van der Waals surface area contributed by atoms with Crippen LogP contribution in [0.2, 0.25) is 0 Å². The lowest BCUT2D eigenvalue weighted by Crippen LogP contribution is -1.74. The zero-order valence-electron chi connectivity index (χ0n) is 9.33. The third-order valence-electron chi connectivity index (χ3n) is 2.58. The maximum atomic E-state index is 10.1. The minimum atomic E-state index is 0.606. The van der Waals surface area contributed by atoms with Gasteiger partial charge in [-0.2, -0.15) is 4.99 Å². The van der Waals surface area contributed by atoms with E-state index in [1.807, 2.05) is 30.3 Å². The number of nitrogens with zero attached hydrogens (tertiary/aromatic N) is 2. The highest BCUT2D eigenvalue weighted by atomic mass is 32.1. The molecule has 0 amide bonds. The summed E-state index contributed by atoms with van der Waals surface area (Å²) >= 11 is 1.65. The van der Waals surface area contributed by atoms with Crippen LogP contribution in [0.1, 0.15) is 0 Å². The molecule has 3 rings (SSSR count). The monoisotopic (exact) mass is 252 g/mol. The number of fused-ring (bicyclic) bond motifs is 1. The molecular formula is C14H8N2OS. The highest BCUT2D eigenvalue weighted by molar-refractivity contribution is 7.21. The van der Waals surface area contributed by atoms with Crippen molar-refractivity contribution in [1.29, 1.82) is 0 Å². The lowest BCUT2D eigenvalue weighted by molar-refractivity contribution is 0.565. The van der Waals surface area contributed by atoms with Crippen LogP contribution in [0, 0.1) is 0 Å². The standard InChI is InChI=1S/C14H8N2OS/c17-9-15-11-7-5-10(6-8-11)14-16-12-3-1-2-4-13(12)18-14/h1-8H. The van der Waals surface area contributed by atoms with Gasteiger partial charge in [-0.15, -0.1) is 11.3 Å². The zero-order chi connectivity index (χ0) is 12.4. The molecule has 0 atom stereocenters. The summed E-state index contributed by atoms with van der Waals surface area (Å²) in [5, 5.41) is 0.970. The quantitative estimate of drug-likeness (QED) is 0.512. The van der Waals surface area contributed by atoms with Crippen molar-refractivity contribution in [2.75, 3.05) is 0 Å². The van der Waals surface area contributed by atoms with E-state index in [4.69, 9.17) is 0 Å². The molecule has 0 N–H and O–H groups in total. The molecule has 0 spiro atoms. The van der Waals surface area contributed by atoms with Crippen molar-refractivity contribution in [2.24, 2.45) is 4.99 Å². The van der Waals surface area contributed by atoms with Crippen molar-refractivity contribution >= 4 is 33.3 Å². The van der Waals surface area contributed by atoms with E-state index in [1.54, 1.807) is 23.5 Å². The van der Waals surface area contributed by atoms with Gasteiger partial charge in [0, 0.05) is 5.56 Å². The molecule has 0 saturated heterocycles. The molecular weight excluding hydrogens is 244 g/mol. The Morgan fingerprint density at radius 1 is 1.06 bits per heavy atom. The number of thiazole rings is 1. The predicted octanol–water partition coefficient (Wildman–Crippen LogP) is 3.93. The van der Waals surface area contributed by atoms with Gasteiger partial charge in [0.15, 0.2) is 0 Å². The molecule has 18 heavy (non-hydrogen) atoms. The molecule has 0 aliphatic heterocycles. The van der Waals surface area contributed by atoms with Crippen LogP contribution in [0.15, 0.2) is 53.5 Å². The fourth-order valence-corrected chi connectivity index (χ4v) is 2.70. The van der Waals surface area contributed by atoms with Crippen LogP contribution >= 0.6 is 11.3 Å². The number of aliphatic imine (C=N–C) groups is 1. The van der Waals surface area contributed by atoms with Crippen LogP contribution in [0.3, 0.4) is 0 Å². The normalized spacial score (nSPS) is 10.2. The van der Waals surface area contributed by atoms with E-state index in [0.717, 1.165) is 16.1 Å². The molecule has 0 saturated carbocycles. The molecule has 0 bridgehead atoms. The zero-order valence-corrected chi connectivity index (χ0v) is 10.1. The topological polar surface area (TPSA) is 42.3 Å². The van der Waals surface area contributed by atoms with Gasteiger partial charge in [0.2, 0.25) is 6.08 Å². The number of carbonyl (C=O) groups excluding carboxylic acids is 1. The van der Waals surface area contributed by atoms with Gasteiger partial charge in [0.25, 0.3) is 0 Å². The maximum Gasteiger partial charge on any atom is 0.240 e. The fraction of sp³-hybridized carbons (Fsp3) is 0. The number of rotatable bonds is 2. The van der Waals surface area contributed by atoms with Gasteiger partial charge in [-0.25, -0.2) is 9.78 Å². The first-order valence-electron chi connectivity index (χ1n) is 5.41. The number of hydrogen-bond donors (Lipinski definition) is 0. The van der Waals surface area contributed by atoms with Gasteiger partial charge in [0.1, 0.15) is 5.01 Å². The third kappa shape index (κ3) is 1.95. The van der Waals surface area contributed by atoms with Gasteiger partial charge in [-0.05, 0) is 36.4 Å². The molecule has 1 heterocycles. The maximum absolute atomic E-state index is 10.1. The molecule has 4 heteroatoms. The first kappa shape index (κ1) is 10.8. The Morgan fingerprint density at radius 2 is 1.83 bits per heavy atom. The Kier molecular flexibility index (Phi) is 2.73. The number of aromatic nitrogens is 1. The minimum Gasteiger partial charge on any atom is -0.236 e. The van der Waals surface area contributed by atoms with Crippen LogP contribution in [-0.4, -0.2) is 11.1 Å². The van der Waals surface area contributed by atoms with Crippen molar-refractivity contribution in [2.45, 2.75) is 0 Å². The van der Waals surface area contributed by atoms with E-state index in [1.165, 1.54) is 10.8 Å². The molecule has 3 nitrogen and oxygen atoms in total. The molecule has 0 aliphatic carbocycles. The van der Waals surface area contributed by atoms with Crippen LogP contribution in [0.4, 0.5) is 5.69 Å². The summed E-state index contributed by atoms with van der Waals surface area (Å²) in [5.74, 6) is 0. The highest BCUT2D eigenvalue weighted by Crippen LogP contribution is 2.30. The van der Waals surface area contributed by atoms with Gasteiger partial charge in [0.05, 0.1) is 15.9 Å². The smallest absolute Gasteiger partial charge is 0.236 e. The van der Waals surface area contributed by atoms with Crippen molar-refractivity contribution in [1.82, 2.24) is 4.98 Å². The van der Waals surface area contributed by atoms with E-state index in [0.29, 0.717) is 5.69 Å². The van der Waals surface area contributed by atoms with Gasteiger partial charge < -0.3 is 0 Å². The Labute approximate surface area is 107 Å². The van der Waals surface area contributed by atoms with Crippen molar-refractivity contribution in [3.05, 3.63) is 48.5 Å². The van der Waals surface area contributed by atoms with Crippen molar-refractivity contribution in [3.63, 3.8) is 0 Å². The van der Waals surface area contributed by atoms with Gasteiger partial charge in [-0.1, -0.05) is 12.1 Å². The highest BCUT2D eigenvalue weighted by Gasteiger charge is 2.05. The first-order valence-corrected chi connectivity index (χ1v) is 6.22. The Bertz CT molecular complexity index is 707. The van der Waals surface area contributed by atoms with Crippen molar-refractivity contribution < 1.29 is 4.79 Å². The van der Waals surface area contributed by atoms with E-state index in [9.17, 15) is 4.79 Å². The van der Waals surface area contributed by atoms with E-state index in [2.05, 4.69) is 16.0 Å². The van der Waals surface area contributed by atoms with Crippen LogP contribution < -0.4 is 0 Å². The second-order valence-corrected chi connectivity index (χ2v) is 4.77. The summed E-state index contributed by atoms with van der Waals surface area (Å²) < 4.78 is 1.17. The molecule has 0 aliphatic rings. The second-order valence-electron chi connectivity index (χ2n) is 3.74. The number of para-hydroxylation sites is 1. The number of isocyanates is 1. The first-order chi connectivity index (χ1) is 8.86. The average Bonchev–Trinajstić information content (AvgIpc) is 2.84. The molecule has 2 aromatic carbocycles. The second kappa shape index (κ2) is 4.53. The molecule has 0 fully saturated rings. The number of hydrogen-bond acceptors (Lipinski definition) is 4. The SMILES string of the molecule is O=C=Nc1ccc(-c2nc3ccccc3s2)cc1. The number of benzene rings is 2. The Hall–Kier alpha value is -2.29. The lowest BCUT2D eigenvalue weighted by Gasteiger charge is -1.95. The van der Waals surface area contributed by atoms with Crippen LogP contribution in [-0.2, 0) is 4.79 Å². The molecule has 1 aromatic heterocycles. The summed E-state index contributed by atoms with van der Waals surface area (Å²) in [6, 6.07) is 15.4. The Balaban J connectivity index is 2.05. The summed E-state index contributed by atoms with van der Waals surface area (Å²) in [6.07, 6.45) is 1.53. The van der Waals surface area contributed by atoms with Gasteiger partial charge >= 0.3 is 0 Å². The van der Waals surface area contributed by atoms with E-state index >= 15 is 0 Å². The molecule has 86 valence electrons. The predicted molar refractivity (Wildman–Crippen MR) is 72.8 cm³/mol.